The van der Waals surface area contributed by atoms with Crippen molar-refractivity contribution in [1.82, 2.24) is 10.6 Å². The zero-order chi connectivity index (χ0) is 17.4. The van der Waals surface area contributed by atoms with Gasteiger partial charge in [0.25, 0.3) is 0 Å². The number of amides is 1. The molecule has 1 atom stereocenters. The average Bonchev–Trinajstić information content (AvgIpc) is 3.11. The third-order valence-electron chi connectivity index (χ3n) is 3.55. The maximum absolute atomic E-state index is 12.1. The first-order valence-electron chi connectivity index (χ1n) is 7.97. The molecular formula is C18H24N2O4. The SMILES string of the molecule is CCOc1cc(CNC(C)C(=O)NCc2ccco2)ccc1OC. The lowest BCUT2D eigenvalue weighted by Crippen LogP contribution is -2.41. The van der Waals surface area contributed by atoms with E-state index in [1.807, 2.05) is 38.1 Å². The van der Waals surface area contributed by atoms with Crippen LogP contribution >= 0.6 is 0 Å². The maximum atomic E-state index is 12.1. The van der Waals surface area contributed by atoms with Crippen LogP contribution in [0.3, 0.4) is 0 Å². The van der Waals surface area contributed by atoms with Crippen LogP contribution in [-0.2, 0) is 17.9 Å². The minimum atomic E-state index is -0.322. The number of furan rings is 1. The van der Waals surface area contributed by atoms with Crippen LogP contribution in [-0.4, -0.2) is 25.7 Å². The van der Waals surface area contributed by atoms with E-state index in [1.165, 1.54) is 0 Å². The van der Waals surface area contributed by atoms with E-state index in [-0.39, 0.29) is 11.9 Å². The standard InChI is InChI=1S/C18H24N2O4/c1-4-23-17-10-14(7-8-16(17)22-3)11-19-13(2)18(21)20-12-15-6-5-9-24-15/h5-10,13,19H,4,11-12H2,1-3H3,(H,20,21). The number of hydrogen-bond donors (Lipinski definition) is 2. The van der Waals surface area contributed by atoms with Crippen molar-refractivity contribution in [2.75, 3.05) is 13.7 Å². The Bertz CT molecular complexity index is 640. The number of carbonyl (C=O) groups excluding carboxylic acids is 1. The van der Waals surface area contributed by atoms with Gasteiger partial charge in [0, 0.05) is 6.54 Å². The van der Waals surface area contributed by atoms with Crippen molar-refractivity contribution < 1.29 is 18.7 Å². The molecule has 0 bridgehead atoms. The van der Waals surface area contributed by atoms with Crippen LogP contribution in [0.5, 0.6) is 11.5 Å². The number of ether oxygens (including phenoxy) is 2. The first-order valence-corrected chi connectivity index (χ1v) is 7.97. The van der Waals surface area contributed by atoms with Gasteiger partial charge in [0.15, 0.2) is 11.5 Å². The van der Waals surface area contributed by atoms with Crippen molar-refractivity contribution in [3.8, 4) is 11.5 Å². The third kappa shape index (κ3) is 5.03. The first-order chi connectivity index (χ1) is 11.6. The van der Waals surface area contributed by atoms with Crippen LogP contribution in [0.2, 0.25) is 0 Å². The molecule has 6 nitrogen and oxygen atoms in total. The zero-order valence-electron chi connectivity index (χ0n) is 14.3. The molecule has 6 heteroatoms. The number of benzene rings is 1. The average molecular weight is 332 g/mol. The van der Waals surface area contributed by atoms with E-state index in [1.54, 1.807) is 19.4 Å². The summed E-state index contributed by atoms with van der Waals surface area (Å²) in [7, 11) is 1.61. The van der Waals surface area contributed by atoms with Gasteiger partial charge in [-0.3, -0.25) is 4.79 Å². The summed E-state index contributed by atoms with van der Waals surface area (Å²) in [4.78, 5) is 12.1. The van der Waals surface area contributed by atoms with Gasteiger partial charge < -0.3 is 24.5 Å². The monoisotopic (exact) mass is 332 g/mol. The van der Waals surface area contributed by atoms with Gasteiger partial charge in [0.2, 0.25) is 5.91 Å². The maximum Gasteiger partial charge on any atom is 0.237 e. The Morgan fingerprint density at radius 1 is 1.25 bits per heavy atom. The molecule has 24 heavy (non-hydrogen) atoms. The second-order valence-corrected chi connectivity index (χ2v) is 5.32. The third-order valence-corrected chi connectivity index (χ3v) is 3.55. The molecule has 0 aliphatic carbocycles. The number of hydrogen-bond acceptors (Lipinski definition) is 5. The number of methoxy groups -OCH3 is 1. The lowest BCUT2D eigenvalue weighted by molar-refractivity contribution is -0.123. The number of carbonyl (C=O) groups is 1. The highest BCUT2D eigenvalue weighted by molar-refractivity contribution is 5.81. The van der Waals surface area contributed by atoms with Gasteiger partial charge in [0.05, 0.1) is 32.6 Å². The zero-order valence-corrected chi connectivity index (χ0v) is 14.3. The largest absolute Gasteiger partial charge is 0.493 e. The molecule has 1 aromatic heterocycles. The Kier molecular flexibility index (Phi) is 6.69. The molecule has 1 unspecified atom stereocenters. The minimum Gasteiger partial charge on any atom is -0.493 e. The molecule has 0 fully saturated rings. The van der Waals surface area contributed by atoms with Gasteiger partial charge in [-0.25, -0.2) is 0 Å². The van der Waals surface area contributed by atoms with Crippen molar-refractivity contribution in [2.24, 2.45) is 0 Å². The minimum absolute atomic E-state index is 0.0788. The van der Waals surface area contributed by atoms with Gasteiger partial charge in [0.1, 0.15) is 5.76 Å². The van der Waals surface area contributed by atoms with Crippen LogP contribution in [0.4, 0.5) is 0 Å². The van der Waals surface area contributed by atoms with Crippen LogP contribution in [0.15, 0.2) is 41.0 Å². The highest BCUT2D eigenvalue weighted by Gasteiger charge is 2.13. The van der Waals surface area contributed by atoms with Crippen LogP contribution < -0.4 is 20.1 Å². The summed E-state index contributed by atoms with van der Waals surface area (Å²) in [6, 6.07) is 9.03. The summed E-state index contributed by atoms with van der Waals surface area (Å²) < 4.78 is 16.0. The first kappa shape index (κ1) is 17.9. The highest BCUT2D eigenvalue weighted by atomic mass is 16.5. The molecule has 2 rings (SSSR count). The molecule has 1 amide bonds. The highest BCUT2D eigenvalue weighted by Crippen LogP contribution is 2.27. The Balaban J connectivity index is 1.85. The normalized spacial score (nSPS) is 11.8. The molecule has 0 saturated heterocycles. The summed E-state index contributed by atoms with van der Waals surface area (Å²) in [5.41, 5.74) is 1.02. The van der Waals surface area contributed by atoms with Crippen molar-refractivity contribution in [3.05, 3.63) is 47.9 Å². The Hall–Kier alpha value is -2.47. The fourth-order valence-corrected chi connectivity index (χ4v) is 2.20. The van der Waals surface area contributed by atoms with Crippen molar-refractivity contribution in [1.29, 1.82) is 0 Å². The summed E-state index contributed by atoms with van der Waals surface area (Å²) in [5.74, 6) is 2.05. The van der Waals surface area contributed by atoms with E-state index < -0.39 is 0 Å². The molecular weight excluding hydrogens is 308 g/mol. The van der Waals surface area contributed by atoms with E-state index in [9.17, 15) is 4.79 Å². The van der Waals surface area contributed by atoms with Crippen LogP contribution in [0, 0.1) is 0 Å². The van der Waals surface area contributed by atoms with Gasteiger partial charge in [-0.2, -0.15) is 0 Å². The van der Waals surface area contributed by atoms with Gasteiger partial charge >= 0.3 is 0 Å². The molecule has 1 heterocycles. The van der Waals surface area contributed by atoms with Crippen molar-refractivity contribution in [3.63, 3.8) is 0 Å². The topological polar surface area (TPSA) is 72.7 Å². The summed E-state index contributed by atoms with van der Waals surface area (Å²) in [6.45, 7) is 5.26. The van der Waals surface area contributed by atoms with E-state index in [0.29, 0.717) is 31.2 Å². The Morgan fingerprint density at radius 3 is 2.75 bits per heavy atom. The molecule has 1 aromatic carbocycles. The summed E-state index contributed by atoms with van der Waals surface area (Å²) in [6.07, 6.45) is 1.59. The summed E-state index contributed by atoms with van der Waals surface area (Å²) in [5, 5.41) is 6.03. The second kappa shape index (κ2) is 8.98. The number of nitrogens with one attached hydrogen (secondary N) is 2. The van der Waals surface area contributed by atoms with Crippen LogP contribution in [0.1, 0.15) is 25.2 Å². The lowest BCUT2D eigenvalue weighted by atomic mass is 10.2. The molecule has 0 saturated carbocycles. The molecule has 2 aromatic rings. The smallest absolute Gasteiger partial charge is 0.237 e. The predicted molar refractivity (Wildman–Crippen MR) is 91.0 cm³/mol. The van der Waals surface area contributed by atoms with Crippen molar-refractivity contribution >= 4 is 5.91 Å². The van der Waals surface area contributed by atoms with Crippen molar-refractivity contribution in [2.45, 2.75) is 33.0 Å². The Labute approximate surface area is 142 Å². The van der Waals surface area contributed by atoms with E-state index in [0.717, 1.165) is 11.3 Å². The van der Waals surface area contributed by atoms with Crippen LogP contribution in [0.25, 0.3) is 0 Å². The van der Waals surface area contributed by atoms with E-state index in [2.05, 4.69) is 10.6 Å². The molecule has 0 radical (unpaired) electrons. The molecule has 0 aliphatic heterocycles. The van der Waals surface area contributed by atoms with Gasteiger partial charge in [-0.15, -0.1) is 0 Å². The Morgan fingerprint density at radius 2 is 2.08 bits per heavy atom. The van der Waals surface area contributed by atoms with Gasteiger partial charge in [-0.05, 0) is 43.7 Å². The molecule has 2 N–H and O–H groups in total. The van der Waals surface area contributed by atoms with E-state index in [4.69, 9.17) is 13.9 Å². The predicted octanol–water partition coefficient (Wildman–Crippen LogP) is 2.48. The summed E-state index contributed by atoms with van der Waals surface area (Å²) >= 11 is 0. The second-order valence-electron chi connectivity index (χ2n) is 5.32. The van der Waals surface area contributed by atoms with E-state index >= 15 is 0 Å². The molecule has 0 aliphatic rings. The number of rotatable bonds is 9. The van der Waals surface area contributed by atoms with Gasteiger partial charge in [-0.1, -0.05) is 6.07 Å². The fourth-order valence-electron chi connectivity index (χ4n) is 2.20. The molecule has 130 valence electrons. The molecule has 0 spiro atoms. The lowest BCUT2D eigenvalue weighted by Gasteiger charge is -2.15. The quantitative estimate of drug-likeness (QED) is 0.738. The fraction of sp³-hybridized carbons (Fsp3) is 0.389.